The third kappa shape index (κ3) is 3.40. The number of aliphatic imine (C=N–C) groups is 1. The minimum absolute atomic E-state index is 0.0240. The van der Waals surface area contributed by atoms with Gasteiger partial charge in [0.05, 0.1) is 11.3 Å². The van der Waals surface area contributed by atoms with Gasteiger partial charge in [-0.3, -0.25) is 4.79 Å². The molecule has 0 radical (unpaired) electrons. The number of carbonyl (C=O) groups is 2. The van der Waals surface area contributed by atoms with Crippen molar-refractivity contribution in [2.45, 2.75) is 13.2 Å². The van der Waals surface area contributed by atoms with E-state index in [1.807, 2.05) is 0 Å². The first-order chi connectivity index (χ1) is 12.4. The van der Waals surface area contributed by atoms with Crippen molar-refractivity contribution in [2.75, 3.05) is 6.61 Å². The second-order valence-corrected chi connectivity index (χ2v) is 5.81. The molecule has 0 saturated heterocycles. The predicted octanol–water partition coefficient (Wildman–Crippen LogP) is 3.45. The van der Waals surface area contributed by atoms with Crippen LogP contribution in [0.15, 0.2) is 41.4 Å². The Morgan fingerprint density at radius 3 is 2.73 bits per heavy atom. The Morgan fingerprint density at radius 2 is 2.08 bits per heavy atom. The van der Waals surface area contributed by atoms with Crippen LogP contribution in [-0.2, 0) is 4.74 Å². The van der Waals surface area contributed by atoms with E-state index in [1.54, 1.807) is 19.1 Å². The number of ketones is 1. The molecule has 1 heterocycles. The summed E-state index contributed by atoms with van der Waals surface area (Å²) < 4.78 is 11.1. The molecular formula is C18H14ClNO6. The van der Waals surface area contributed by atoms with Crippen molar-refractivity contribution >= 4 is 34.8 Å². The van der Waals surface area contributed by atoms with Gasteiger partial charge in [0, 0.05) is 17.7 Å². The largest absolute Gasteiger partial charge is 0.507 e. The highest BCUT2D eigenvalue weighted by Crippen LogP contribution is 2.31. The maximum absolute atomic E-state index is 12.8. The van der Waals surface area contributed by atoms with Crippen molar-refractivity contribution in [3.8, 4) is 11.5 Å². The number of carboxylic acid groups (broad SMARTS) is 1. The van der Waals surface area contributed by atoms with E-state index in [0.29, 0.717) is 10.8 Å². The highest BCUT2D eigenvalue weighted by atomic mass is 35.5. The number of aromatic carboxylic acids is 1. The standard InChI is InChI=1S/C18H14ClNO6/c1-2-25-18-15(16(22)12-7-9(19)3-6-14(12)26-18)20-10-4-5-11(17(23)24)13(21)8-10/h3-8,18,21H,2H2,1H3,(H,23,24). The molecule has 0 aliphatic carbocycles. The summed E-state index contributed by atoms with van der Waals surface area (Å²) in [5.74, 6) is -1.82. The second kappa shape index (κ2) is 7.15. The van der Waals surface area contributed by atoms with Crippen molar-refractivity contribution in [2.24, 2.45) is 4.99 Å². The average Bonchev–Trinajstić information content (AvgIpc) is 2.59. The fraction of sp³-hybridized carbons (Fsp3) is 0.167. The monoisotopic (exact) mass is 375 g/mol. The summed E-state index contributed by atoms with van der Waals surface area (Å²) in [6.45, 7) is 2.03. The average molecular weight is 376 g/mol. The molecular weight excluding hydrogens is 362 g/mol. The SMILES string of the molecule is CCOC1Oc2ccc(Cl)cc2C(=O)C1=Nc1ccc(C(=O)O)c(O)c1. The van der Waals surface area contributed by atoms with E-state index in [-0.39, 0.29) is 29.1 Å². The number of rotatable bonds is 4. The zero-order valence-corrected chi connectivity index (χ0v) is 14.4. The second-order valence-electron chi connectivity index (χ2n) is 5.38. The zero-order chi connectivity index (χ0) is 18.8. The van der Waals surface area contributed by atoms with Gasteiger partial charge in [-0.25, -0.2) is 9.79 Å². The molecule has 1 aliphatic rings. The molecule has 2 aromatic carbocycles. The Morgan fingerprint density at radius 1 is 1.31 bits per heavy atom. The van der Waals surface area contributed by atoms with Crippen LogP contribution in [0.2, 0.25) is 5.02 Å². The maximum Gasteiger partial charge on any atom is 0.339 e. The zero-order valence-electron chi connectivity index (χ0n) is 13.6. The predicted molar refractivity (Wildman–Crippen MR) is 94.0 cm³/mol. The molecule has 134 valence electrons. The first-order valence-electron chi connectivity index (χ1n) is 7.68. The lowest BCUT2D eigenvalue weighted by Crippen LogP contribution is -2.40. The van der Waals surface area contributed by atoms with Gasteiger partial charge < -0.3 is 19.7 Å². The van der Waals surface area contributed by atoms with E-state index < -0.39 is 23.8 Å². The molecule has 3 rings (SSSR count). The minimum Gasteiger partial charge on any atom is -0.507 e. The van der Waals surface area contributed by atoms with Crippen LogP contribution in [-0.4, -0.2) is 40.6 Å². The topological polar surface area (TPSA) is 105 Å². The molecule has 0 amide bonds. The number of hydrogen-bond acceptors (Lipinski definition) is 6. The number of fused-ring (bicyclic) bond motifs is 1. The quantitative estimate of drug-likeness (QED) is 0.847. The van der Waals surface area contributed by atoms with Gasteiger partial charge in [0.15, 0.2) is 5.71 Å². The summed E-state index contributed by atoms with van der Waals surface area (Å²) in [6, 6.07) is 8.38. The molecule has 1 aliphatic heterocycles. The Bertz CT molecular complexity index is 924. The fourth-order valence-corrected chi connectivity index (χ4v) is 2.65. The van der Waals surface area contributed by atoms with Crippen LogP contribution in [0.25, 0.3) is 0 Å². The van der Waals surface area contributed by atoms with Gasteiger partial charge >= 0.3 is 5.97 Å². The van der Waals surface area contributed by atoms with Gasteiger partial charge in [0.25, 0.3) is 0 Å². The van der Waals surface area contributed by atoms with Gasteiger partial charge in [-0.2, -0.15) is 0 Å². The lowest BCUT2D eigenvalue weighted by Gasteiger charge is -2.26. The molecule has 2 N–H and O–H groups in total. The molecule has 0 saturated carbocycles. The number of carboxylic acids is 1. The lowest BCUT2D eigenvalue weighted by molar-refractivity contribution is -0.0285. The van der Waals surface area contributed by atoms with E-state index in [9.17, 15) is 14.7 Å². The molecule has 0 fully saturated rings. The summed E-state index contributed by atoms with van der Waals surface area (Å²) in [5.41, 5.74) is 0.149. The van der Waals surface area contributed by atoms with Crippen LogP contribution in [0.3, 0.4) is 0 Å². The van der Waals surface area contributed by atoms with E-state index in [1.165, 1.54) is 18.2 Å². The lowest BCUT2D eigenvalue weighted by atomic mass is 10.0. The number of carbonyl (C=O) groups excluding carboxylic acids is 1. The van der Waals surface area contributed by atoms with E-state index in [2.05, 4.69) is 4.99 Å². The summed E-state index contributed by atoms with van der Waals surface area (Å²) in [4.78, 5) is 28.0. The number of halogens is 1. The van der Waals surface area contributed by atoms with Crippen molar-refractivity contribution in [3.05, 3.63) is 52.5 Å². The molecule has 26 heavy (non-hydrogen) atoms. The highest BCUT2D eigenvalue weighted by molar-refractivity contribution is 6.49. The molecule has 0 bridgehead atoms. The van der Waals surface area contributed by atoms with E-state index in [0.717, 1.165) is 6.07 Å². The summed E-state index contributed by atoms with van der Waals surface area (Å²) in [7, 11) is 0. The van der Waals surface area contributed by atoms with Crippen molar-refractivity contribution in [3.63, 3.8) is 0 Å². The smallest absolute Gasteiger partial charge is 0.339 e. The van der Waals surface area contributed by atoms with Crippen molar-refractivity contribution < 1.29 is 29.3 Å². The molecule has 1 unspecified atom stereocenters. The van der Waals surface area contributed by atoms with E-state index in [4.69, 9.17) is 26.2 Å². The third-order valence-electron chi connectivity index (χ3n) is 3.66. The molecule has 2 aromatic rings. The number of benzene rings is 2. The molecule has 8 heteroatoms. The molecule has 1 atom stereocenters. The molecule has 0 aromatic heterocycles. The third-order valence-corrected chi connectivity index (χ3v) is 3.89. The number of Topliss-reactive ketones (excluding diaryl/α,β-unsaturated/α-hetero) is 1. The minimum atomic E-state index is -1.27. The van der Waals surface area contributed by atoms with Crippen LogP contribution in [0, 0.1) is 0 Å². The summed E-state index contributed by atoms with van der Waals surface area (Å²) in [6.07, 6.45) is -1.03. The summed E-state index contributed by atoms with van der Waals surface area (Å²) in [5, 5.41) is 19.1. The normalized spacial score (nSPS) is 17.7. The van der Waals surface area contributed by atoms with Gasteiger partial charge in [-0.05, 0) is 37.3 Å². The van der Waals surface area contributed by atoms with Gasteiger partial charge in [-0.1, -0.05) is 11.6 Å². The van der Waals surface area contributed by atoms with Crippen LogP contribution in [0.4, 0.5) is 5.69 Å². The van der Waals surface area contributed by atoms with Crippen molar-refractivity contribution in [1.82, 2.24) is 0 Å². The van der Waals surface area contributed by atoms with Gasteiger partial charge in [0.2, 0.25) is 12.1 Å². The van der Waals surface area contributed by atoms with Gasteiger partial charge in [0.1, 0.15) is 17.1 Å². The number of hydrogen-bond donors (Lipinski definition) is 2. The Labute approximate surface area is 153 Å². The number of aromatic hydroxyl groups is 1. The van der Waals surface area contributed by atoms with Gasteiger partial charge in [-0.15, -0.1) is 0 Å². The van der Waals surface area contributed by atoms with Crippen LogP contribution in [0.1, 0.15) is 27.6 Å². The fourth-order valence-electron chi connectivity index (χ4n) is 2.48. The van der Waals surface area contributed by atoms with Crippen LogP contribution >= 0.6 is 11.6 Å². The number of phenols is 1. The first kappa shape index (κ1) is 17.9. The maximum atomic E-state index is 12.8. The first-order valence-corrected chi connectivity index (χ1v) is 8.06. The van der Waals surface area contributed by atoms with E-state index >= 15 is 0 Å². The highest BCUT2D eigenvalue weighted by Gasteiger charge is 2.34. The Kier molecular flexibility index (Phi) is 4.92. The van der Waals surface area contributed by atoms with Crippen LogP contribution in [0.5, 0.6) is 11.5 Å². The van der Waals surface area contributed by atoms with Crippen molar-refractivity contribution in [1.29, 1.82) is 0 Å². The molecule has 0 spiro atoms. The Balaban J connectivity index is 2.05. The summed E-state index contributed by atoms with van der Waals surface area (Å²) >= 11 is 5.95. The Hall–Kier alpha value is -2.90. The molecule has 7 nitrogen and oxygen atoms in total. The van der Waals surface area contributed by atoms with Crippen LogP contribution < -0.4 is 4.74 Å². The number of nitrogens with zero attached hydrogens (tertiary/aromatic N) is 1. The number of ether oxygens (including phenoxy) is 2.